The molecule has 0 bridgehead atoms. The normalized spacial score (nSPS) is 11.3. The van der Waals surface area contributed by atoms with E-state index in [0.717, 1.165) is 12.7 Å². The number of nitrogens with one attached hydrogen (secondary N) is 1. The number of carbonyl (C=O) groups excluding carboxylic acids is 2. The highest BCUT2D eigenvalue weighted by atomic mass is 32.2. The highest BCUT2D eigenvalue weighted by molar-refractivity contribution is 7.91. The predicted octanol–water partition coefficient (Wildman–Crippen LogP) is 4.81. The SMILES string of the molecule is COC(=O)CN(c1ccc(Oc2ccccc2)cc1OCc1ccccc1)S(=O)(=O)NC(=O)OC(C)(C)C. The number of methoxy groups -OCH3 is 1. The molecule has 0 saturated carbocycles. The molecule has 0 heterocycles. The number of anilines is 1. The molecule has 3 aromatic rings. The van der Waals surface area contributed by atoms with Crippen LogP contribution in [0.4, 0.5) is 10.5 Å². The molecule has 0 radical (unpaired) electrons. The molecule has 11 heteroatoms. The summed E-state index contributed by atoms with van der Waals surface area (Å²) in [6.45, 7) is 4.12. The Balaban J connectivity index is 2.01. The highest BCUT2D eigenvalue weighted by Gasteiger charge is 2.32. The molecule has 0 fully saturated rings. The molecule has 1 amide bonds. The number of carbonyl (C=O) groups is 2. The van der Waals surface area contributed by atoms with Crippen molar-refractivity contribution in [3.05, 3.63) is 84.4 Å². The first kappa shape index (κ1) is 28.3. The molecule has 0 aliphatic carbocycles. The second-order valence-corrected chi connectivity index (χ2v) is 10.6. The third-order valence-corrected chi connectivity index (χ3v) is 6.15. The van der Waals surface area contributed by atoms with Gasteiger partial charge in [0.2, 0.25) is 0 Å². The Labute approximate surface area is 222 Å². The van der Waals surface area contributed by atoms with Crippen molar-refractivity contribution in [2.45, 2.75) is 33.0 Å². The summed E-state index contributed by atoms with van der Waals surface area (Å²) in [5.74, 6) is 0.136. The van der Waals surface area contributed by atoms with Crippen LogP contribution in [0.1, 0.15) is 26.3 Å². The van der Waals surface area contributed by atoms with Gasteiger partial charge in [-0.05, 0) is 50.6 Å². The number of para-hydroxylation sites is 1. The first-order valence-corrected chi connectivity index (χ1v) is 13.0. The first-order chi connectivity index (χ1) is 18.0. The molecular weight excluding hydrogens is 512 g/mol. The standard InChI is InChI=1S/C27H30N2O8S/c1-27(2,3)37-26(31)28-38(32,33)29(18-25(30)34-4)23-16-15-22(36-21-13-9-6-10-14-21)17-24(23)35-19-20-11-7-5-8-12-20/h5-17H,18-19H2,1-4H3,(H,28,31). The topological polar surface area (TPSA) is 120 Å². The molecule has 3 aromatic carbocycles. The lowest BCUT2D eigenvalue weighted by Crippen LogP contribution is -2.47. The van der Waals surface area contributed by atoms with Gasteiger partial charge >= 0.3 is 22.3 Å². The van der Waals surface area contributed by atoms with Gasteiger partial charge < -0.3 is 18.9 Å². The molecule has 38 heavy (non-hydrogen) atoms. The maximum Gasteiger partial charge on any atom is 0.422 e. The van der Waals surface area contributed by atoms with E-state index in [-0.39, 0.29) is 18.0 Å². The van der Waals surface area contributed by atoms with Gasteiger partial charge in [0, 0.05) is 6.07 Å². The first-order valence-electron chi connectivity index (χ1n) is 11.6. The Morgan fingerprint density at radius 3 is 2.13 bits per heavy atom. The van der Waals surface area contributed by atoms with E-state index >= 15 is 0 Å². The van der Waals surface area contributed by atoms with Crippen LogP contribution in [0.3, 0.4) is 0 Å². The Morgan fingerprint density at radius 1 is 0.895 bits per heavy atom. The fourth-order valence-electron chi connectivity index (χ4n) is 3.18. The van der Waals surface area contributed by atoms with Crippen LogP contribution in [0, 0.1) is 0 Å². The van der Waals surface area contributed by atoms with E-state index < -0.39 is 34.4 Å². The summed E-state index contributed by atoms with van der Waals surface area (Å²) in [5.41, 5.74) is -0.155. The maximum atomic E-state index is 13.3. The molecule has 0 atom stereocenters. The van der Waals surface area contributed by atoms with Gasteiger partial charge in [-0.3, -0.25) is 4.79 Å². The quantitative estimate of drug-likeness (QED) is 0.363. The summed E-state index contributed by atoms with van der Waals surface area (Å²) in [7, 11) is -3.52. The van der Waals surface area contributed by atoms with Crippen molar-refractivity contribution in [2.24, 2.45) is 0 Å². The minimum Gasteiger partial charge on any atom is -0.487 e. The van der Waals surface area contributed by atoms with Crippen LogP contribution in [0.2, 0.25) is 0 Å². The molecule has 0 saturated heterocycles. The van der Waals surface area contributed by atoms with Crippen LogP contribution in [0.5, 0.6) is 17.2 Å². The number of ether oxygens (including phenoxy) is 4. The van der Waals surface area contributed by atoms with Crippen LogP contribution in [0.15, 0.2) is 78.9 Å². The highest BCUT2D eigenvalue weighted by Crippen LogP contribution is 2.36. The average Bonchev–Trinajstić information content (AvgIpc) is 2.86. The van der Waals surface area contributed by atoms with E-state index in [4.69, 9.17) is 18.9 Å². The number of benzene rings is 3. The third-order valence-electron chi connectivity index (χ3n) is 4.82. The van der Waals surface area contributed by atoms with Crippen LogP contribution in [-0.4, -0.2) is 39.7 Å². The second kappa shape index (κ2) is 12.3. The maximum absolute atomic E-state index is 13.3. The predicted molar refractivity (Wildman–Crippen MR) is 141 cm³/mol. The van der Waals surface area contributed by atoms with Crippen molar-refractivity contribution >= 4 is 28.0 Å². The number of amides is 1. The molecule has 202 valence electrons. The molecule has 10 nitrogen and oxygen atoms in total. The van der Waals surface area contributed by atoms with Gasteiger partial charge in [-0.2, -0.15) is 8.42 Å². The second-order valence-electron chi connectivity index (χ2n) is 9.01. The molecule has 0 unspecified atom stereocenters. The summed E-state index contributed by atoms with van der Waals surface area (Å²) in [6, 6.07) is 22.6. The van der Waals surface area contributed by atoms with E-state index in [1.54, 1.807) is 32.9 Å². The fourth-order valence-corrected chi connectivity index (χ4v) is 4.23. The monoisotopic (exact) mass is 542 g/mol. The number of nitrogens with zero attached hydrogens (tertiary/aromatic N) is 1. The van der Waals surface area contributed by atoms with Crippen molar-refractivity contribution in [1.82, 2.24) is 4.72 Å². The zero-order chi connectivity index (χ0) is 27.8. The fraction of sp³-hybridized carbons (Fsp3) is 0.259. The molecule has 0 spiro atoms. The molecular formula is C27H30N2O8S. The molecule has 3 rings (SSSR count). The Bertz CT molecular complexity index is 1340. The van der Waals surface area contributed by atoms with E-state index in [1.807, 2.05) is 53.3 Å². The van der Waals surface area contributed by atoms with Crippen molar-refractivity contribution in [3.8, 4) is 17.2 Å². The summed E-state index contributed by atoms with van der Waals surface area (Å²) >= 11 is 0. The van der Waals surface area contributed by atoms with Crippen LogP contribution in [-0.2, 0) is 31.1 Å². The van der Waals surface area contributed by atoms with E-state index in [1.165, 1.54) is 18.2 Å². The minimum absolute atomic E-state index is 0.0252. The van der Waals surface area contributed by atoms with Crippen LogP contribution in [0.25, 0.3) is 0 Å². The van der Waals surface area contributed by atoms with Gasteiger partial charge in [-0.15, -0.1) is 0 Å². The summed E-state index contributed by atoms with van der Waals surface area (Å²) < 4.78 is 50.8. The Morgan fingerprint density at radius 2 is 1.53 bits per heavy atom. The smallest absolute Gasteiger partial charge is 0.422 e. The van der Waals surface area contributed by atoms with Gasteiger partial charge in [0.1, 0.15) is 36.0 Å². The van der Waals surface area contributed by atoms with Gasteiger partial charge in [0.05, 0.1) is 12.8 Å². The van der Waals surface area contributed by atoms with E-state index in [0.29, 0.717) is 15.8 Å². The number of hydrogen-bond donors (Lipinski definition) is 1. The minimum atomic E-state index is -4.64. The number of esters is 1. The largest absolute Gasteiger partial charge is 0.487 e. The summed E-state index contributed by atoms with van der Waals surface area (Å²) in [5, 5.41) is 0. The van der Waals surface area contributed by atoms with Crippen molar-refractivity contribution in [1.29, 1.82) is 0 Å². The van der Waals surface area contributed by atoms with Gasteiger partial charge in [-0.25, -0.2) is 13.8 Å². The summed E-state index contributed by atoms with van der Waals surface area (Å²) in [4.78, 5) is 24.5. The lowest BCUT2D eigenvalue weighted by molar-refractivity contribution is -0.138. The number of hydrogen-bond acceptors (Lipinski definition) is 8. The molecule has 1 N–H and O–H groups in total. The summed E-state index contributed by atoms with van der Waals surface area (Å²) in [6.07, 6.45) is -1.21. The molecule has 0 aliphatic rings. The van der Waals surface area contributed by atoms with E-state index in [9.17, 15) is 18.0 Å². The van der Waals surface area contributed by atoms with Gasteiger partial charge in [0.15, 0.2) is 0 Å². The third kappa shape index (κ3) is 8.41. The van der Waals surface area contributed by atoms with Crippen molar-refractivity contribution < 1.29 is 37.0 Å². The van der Waals surface area contributed by atoms with Crippen molar-refractivity contribution in [3.63, 3.8) is 0 Å². The lowest BCUT2D eigenvalue weighted by Gasteiger charge is -2.27. The Kier molecular flexibility index (Phi) is 9.19. The molecule has 0 aromatic heterocycles. The lowest BCUT2D eigenvalue weighted by atomic mass is 10.2. The molecule has 0 aliphatic heterocycles. The zero-order valence-corrected chi connectivity index (χ0v) is 22.4. The van der Waals surface area contributed by atoms with Crippen LogP contribution >= 0.6 is 0 Å². The van der Waals surface area contributed by atoms with E-state index in [2.05, 4.69) is 0 Å². The zero-order valence-electron chi connectivity index (χ0n) is 21.5. The Hall–Kier alpha value is -4.25. The van der Waals surface area contributed by atoms with Crippen LogP contribution < -0.4 is 18.5 Å². The van der Waals surface area contributed by atoms with Gasteiger partial charge in [0.25, 0.3) is 0 Å². The number of rotatable bonds is 10. The van der Waals surface area contributed by atoms with Gasteiger partial charge in [-0.1, -0.05) is 48.5 Å². The van der Waals surface area contributed by atoms with Crippen molar-refractivity contribution in [2.75, 3.05) is 18.0 Å². The average molecular weight is 543 g/mol.